The van der Waals surface area contributed by atoms with E-state index in [0.29, 0.717) is 5.69 Å². The Bertz CT molecular complexity index is 868. The minimum Gasteiger partial charge on any atom is -0.301 e. The first kappa shape index (κ1) is 17.9. The number of hydrogen-bond donors (Lipinski definition) is 1. The van der Waals surface area contributed by atoms with E-state index >= 15 is 0 Å². The summed E-state index contributed by atoms with van der Waals surface area (Å²) in [7, 11) is 0. The molecule has 0 spiro atoms. The monoisotopic (exact) mass is 369 g/mol. The minimum absolute atomic E-state index is 0.0348. The van der Waals surface area contributed by atoms with E-state index in [1.165, 1.54) is 35.4 Å². The molecule has 1 aliphatic rings. The quantitative estimate of drug-likeness (QED) is 0.512. The average Bonchev–Trinajstić information content (AvgIpc) is 2.63. The first-order chi connectivity index (χ1) is 12.5. The normalized spacial score (nSPS) is 18.9. The van der Waals surface area contributed by atoms with Gasteiger partial charge in [-0.2, -0.15) is 0 Å². The zero-order chi connectivity index (χ0) is 18.7. The van der Waals surface area contributed by atoms with Crippen molar-refractivity contribution in [3.8, 4) is 0 Å². The summed E-state index contributed by atoms with van der Waals surface area (Å²) in [5.74, 6) is -2.57. The van der Waals surface area contributed by atoms with Gasteiger partial charge in [-0.05, 0) is 49.0 Å². The molecular weight excluding hydrogens is 353 g/mol. The molecular formula is C19H16FN3O2S. The maximum absolute atomic E-state index is 13.1. The fraction of sp³-hybridized carbons (Fsp3) is 0.158. The summed E-state index contributed by atoms with van der Waals surface area (Å²) in [6.07, 6.45) is 1.34. The summed E-state index contributed by atoms with van der Waals surface area (Å²) in [4.78, 5) is 30.5. The second-order valence-corrected chi connectivity index (χ2v) is 6.19. The van der Waals surface area contributed by atoms with Crippen LogP contribution in [0.3, 0.4) is 0 Å². The number of hydrogen-bond acceptors (Lipinski definition) is 4. The lowest BCUT2D eigenvalue weighted by Crippen LogP contribution is -2.58. The molecule has 1 fully saturated rings. The predicted octanol–water partition coefficient (Wildman–Crippen LogP) is 3.02. The zero-order valence-corrected chi connectivity index (χ0v) is 14.7. The lowest BCUT2D eigenvalue weighted by Gasteiger charge is -2.31. The average molecular weight is 369 g/mol. The molecule has 2 aromatic carbocycles. The number of anilines is 1. The van der Waals surface area contributed by atoms with Gasteiger partial charge in [-0.3, -0.25) is 19.5 Å². The van der Waals surface area contributed by atoms with Crippen molar-refractivity contribution < 1.29 is 14.0 Å². The number of halogens is 1. The fourth-order valence-corrected chi connectivity index (χ4v) is 2.89. The number of amides is 2. The SMILES string of the molecule is C[C@@H](N=CC1C(=O)NC(=S)N(c2ccc(F)cc2)C1=O)c1ccccc1. The van der Waals surface area contributed by atoms with Crippen molar-refractivity contribution >= 4 is 41.0 Å². The van der Waals surface area contributed by atoms with Crippen molar-refractivity contribution in [2.45, 2.75) is 13.0 Å². The van der Waals surface area contributed by atoms with Crippen LogP contribution in [-0.4, -0.2) is 23.1 Å². The number of nitrogens with zero attached hydrogens (tertiary/aromatic N) is 2. The molecule has 0 aliphatic carbocycles. The predicted molar refractivity (Wildman–Crippen MR) is 101 cm³/mol. The van der Waals surface area contributed by atoms with E-state index < -0.39 is 23.5 Å². The maximum Gasteiger partial charge on any atom is 0.251 e. The smallest absolute Gasteiger partial charge is 0.251 e. The summed E-state index contributed by atoms with van der Waals surface area (Å²) >= 11 is 5.10. The van der Waals surface area contributed by atoms with Crippen LogP contribution in [0.25, 0.3) is 0 Å². The Morgan fingerprint density at radius 1 is 1.15 bits per heavy atom. The van der Waals surface area contributed by atoms with Crippen LogP contribution >= 0.6 is 12.2 Å². The number of carbonyl (C=O) groups excluding carboxylic acids is 2. The lowest BCUT2D eigenvalue weighted by atomic mass is 10.0. The Labute approximate surface area is 155 Å². The number of thiocarbonyl (C=S) groups is 1. The van der Waals surface area contributed by atoms with Gasteiger partial charge in [0.2, 0.25) is 5.91 Å². The van der Waals surface area contributed by atoms with Gasteiger partial charge in [0.15, 0.2) is 11.0 Å². The summed E-state index contributed by atoms with van der Waals surface area (Å²) in [5, 5.41) is 2.46. The third-order valence-corrected chi connectivity index (χ3v) is 4.31. The highest BCUT2D eigenvalue weighted by Gasteiger charge is 2.38. The maximum atomic E-state index is 13.1. The van der Waals surface area contributed by atoms with Gasteiger partial charge < -0.3 is 5.32 Å². The van der Waals surface area contributed by atoms with Gasteiger partial charge in [0.05, 0.1) is 11.7 Å². The Hall–Kier alpha value is -2.93. The molecule has 3 rings (SSSR count). The molecule has 2 aromatic rings. The Morgan fingerprint density at radius 2 is 1.81 bits per heavy atom. The van der Waals surface area contributed by atoms with Crippen LogP contribution in [0.4, 0.5) is 10.1 Å². The molecule has 132 valence electrons. The Kier molecular flexibility index (Phi) is 5.18. The van der Waals surface area contributed by atoms with E-state index in [9.17, 15) is 14.0 Å². The number of nitrogens with one attached hydrogen (secondary N) is 1. The summed E-state index contributed by atoms with van der Waals surface area (Å²) < 4.78 is 13.1. The zero-order valence-electron chi connectivity index (χ0n) is 13.9. The molecule has 1 unspecified atom stereocenters. The Morgan fingerprint density at radius 3 is 2.46 bits per heavy atom. The van der Waals surface area contributed by atoms with Crippen molar-refractivity contribution in [3.63, 3.8) is 0 Å². The number of rotatable bonds is 4. The molecule has 1 N–H and O–H groups in total. The second-order valence-electron chi connectivity index (χ2n) is 5.81. The van der Waals surface area contributed by atoms with Crippen LogP contribution in [0.5, 0.6) is 0 Å². The van der Waals surface area contributed by atoms with Crippen LogP contribution in [0.1, 0.15) is 18.5 Å². The van der Waals surface area contributed by atoms with Gasteiger partial charge in [0, 0.05) is 6.21 Å². The molecule has 2 atom stereocenters. The van der Waals surface area contributed by atoms with Gasteiger partial charge in [-0.15, -0.1) is 0 Å². The van der Waals surface area contributed by atoms with Gasteiger partial charge >= 0.3 is 0 Å². The molecule has 5 nitrogen and oxygen atoms in total. The van der Waals surface area contributed by atoms with Crippen molar-refractivity contribution in [1.29, 1.82) is 0 Å². The highest BCUT2D eigenvalue weighted by Crippen LogP contribution is 2.22. The molecule has 0 aromatic heterocycles. The van der Waals surface area contributed by atoms with E-state index in [0.717, 1.165) is 5.56 Å². The second kappa shape index (κ2) is 7.53. The van der Waals surface area contributed by atoms with Crippen molar-refractivity contribution in [2.75, 3.05) is 4.90 Å². The van der Waals surface area contributed by atoms with Crippen molar-refractivity contribution in [1.82, 2.24) is 5.32 Å². The first-order valence-electron chi connectivity index (χ1n) is 8.00. The van der Waals surface area contributed by atoms with E-state index in [4.69, 9.17) is 12.2 Å². The Balaban J connectivity index is 1.83. The standard InChI is InChI=1S/C19H16FN3O2S/c1-12(13-5-3-2-4-6-13)21-11-16-17(24)22-19(26)23(18(16)25)15-9-7-14(20)8-10-15/h2-12,16H,1H3,(H,22,24,26)/t12-,16?/m1/s1. The molecule has 2 amide bonds. The molecule has 0 saturated carbocycles. The van der Waals surface area contributed by atoms with Crippen molar-refractivity contribution in [2.24, 2.45) is 10.9 Å². The van der Waals surface area contributed by atoms with Gasteiger partial charge in [-0.1, -0.05) is 30.3 Å². The summed E-state index contributed by atoms with van der Waals surface area (Å²) in [5.41, 5.74) is 1.36. The van der Waals surface area contributed by atoms with Crippen molar-refractivity contribution in [3.05, 3.63) is 66.0 Å². The third kappa shape index (κ3) is 3.67. The molecule has 1 heterocycles. The van der Waals surface area contributed by atoms with Crippen LogP contribution < -0.4 is 10.2 Å². The highest BCUT2D eigenvalue weighted by atomic mass is 32.1. The van der Waals surface area contributed by atoms with Crippen LogP contribution in [0.15, 0.2) is 59.6 Å². The number of aliphatic imine (C=N–C) groups is 1. The summed E-state index contributed by atoms with van der Waals surface area (Å²) in [6.45, 7) is 1.87. The molecule has 0 radical (unpaired) electrons. The van der Waals surface area contributed by atoms with E-state index in [1.807, 2.05) is 37.3 Å². The minimum atomic E-state index is -1.10. The molecule has 0 bridgehead atoms. The molecule has 1 saturated heterocycles. The topological polar surface area (TPSA) is 61.8 Å². The van der Waals surface area contributed by atoms with Crippen LogP contribution in [-0.2, 0) is 9.59 Å². The largest absolute Gasteiger partial charge is 0.301 e. The van der Waals surface area contributed by atoms with E-state index in [2.05, 4.69) is 10.3 Å². The van der Waals surface area contributed by atoms with Crippen LogP contribution in [0.2, 0.25) is 0 Å². The van der Waals surface area contributed by atoms with Gasteiger partial charge in [0.25, 0.3) is 5.91 Å². The van der Waals surface area contributed by atoms with Gasteiger partial charge in [0.1, 0.15) is 5.82 Å². The number of benzene rings is 2. The number of carbonyl (C=O) groups is 2. The van der Waals surface area contributed by atoms with Crippen LogP contribution in [0, 0.1) is 11.7 Å². The van der Waals surface area contributed by atoms with Gasteiger partial charge in [-0.25, -0.2) is 4.39 Å². The lowest BCUT2D eigenvalue weighted by molar-refractivity contribution is -0.130. The fourth-order valence-electron chi connectivity index (χ4n) is 2.59. The van der Waals surface area contributed by atoms with E-state index in [-0.39, 0.29) is 11.2 Å². The molecule has 1 aliphatic heterocycles. The van der Waals surface area contributed by atoms with E-state index in [1.54, 1.807) is 0 Å². The third-order valence-electron chi connectivity index (χ3n) is 4.03. The molecule has 7 heteroatoms. The molecule has 26 heavy (non-hydrogen) atoms. The highest BCUT2D eigenvalue weighted by molar-refractivity contribution is 7.80. The first-order valence-corrected chi connectivity index (χ1v) is 8.41. The summed E-state index contributed by atoms with van der Waals surface area (Å²) in [6, 6.07) is 14.6.